The van der Waals surface area contributed by atoms with Gasteiger partial charge >= 0.3 is 5.97 Å². The number of hydrogen-bond donors (Lipinski definition) is 1. The summed E-state index contributed by atoms with van der Waals surface area (Å²) >= 11 is 0. The van der Waals surface area contributed by atoms with E-state index in [2.05, 4.69) is 6.58 Å². The molecule has 4 nitrogen and oxygen atoms in total. The van der Waals surface area contributed by atoms with Gasteiger partial charge in [0, 0.05) is 5.56 Å². The highest BCUT2D eigenvalue weighted by molar-refractivity contribution is 5.87. The van der Waals surface area contributed by atoms with Crippen LogP contribution >= 0.6 is 0 Å². The molecular weight excluding hydrogens is 172 g/mol. The summed E-state index contributed by atoms with van der Waals surface area (Å²) in [5.74, 6) is -1.35. The van der Waals surface area contributed by atoms with Crippen LogP contribution in [0.4, 0.5) is 0 Å². The molecule has 0 amide bonds. The number of carboxylic acid groups (broad SMARTS) is 1. The van der Waals surface area contributed by atoms with Gasteiger partial charge in [-0.15, -0.1) is 6.58 Å². The molecule has 0 radical (unpaired) electrons. The van der Waals surface area contributed by atoms with E-state index >= 15 is 0 Å². The zero-order valence-electron chi connectivity index (χ0n) is 6.82. The predicted molar refractivity (Wildman–Crippen MR) is 45.0 cm³/mol. The second kappa shape index (κ2) is 3.71. The van der Waals surface area contributed by atoms with E-state index < -0.39 is 5.97 Å². The second-order valence-corrected chi connectivity index (χ2v) is 2.42. The van der Waals surface area contributed by atoms with Gasteiger partial charge in [-0.3, -0.25) is 4.79 Å². The Hall–Kier alpha value is -1.84. The van der Waals surface area contributed by atoms with Gasteiger partial charge in [-0.25, -0.2) is 4.79 Å². The molecule has 1 rings (SSSR count). The number of hydrogen-bond acceptors (Lipinski definition) is 3. The number of allylic oxidation sites excluding steroid dienone is 1. The van der Waals surface area contributed by atoms with Gasteiger partial charge in [0.25, 0.3) is 0 Å². The van der Waals surface area contributed by atoms with E-state index in [1.807, 2.05) is 0 Å². The lowest BCUT2D eigenvalue weighted by Gasteiger charge is -1.91. The Morgan fingerprint density at radius 2 is 2.38 bits per heavy atom. The molecule has 0 saturated carbocycles. The van der Waals surface area contributed by atoms with Gasteiger partial charge in [0.2, 0.25) is 5.76 Å². The first-order valence-electron chi connectivity index (χ1n) is 3.61. The Balaban J connectivity index is 3.13. The highest BCUT2D eigenvalue weighted by atomic mass is 16.4. The lowest BCUT2D eigenvalue weighted by Crippen LogP contribution is -1.97. The maximum Gasteiger partial charge on any atom is 0.372 e. The first kappa shape index (κ1) is 9.25. The monoisotopic (exact) mass is 180 g/mol. The van der Waals surface area contributed by atoms with Crippen LogP contribution in [-0.4, -0.2) is 17.4 Å². The minimum Gasteiger partial charge on any atom is -0.475 e. The fourth-order valence-electron chi connectivity index (χ4n) is 0.996. The first-order valence-corrected chi connectivity index (χ1v) is 3.61. The largest absolute Gasteiger partial charge is 0.475 e. The molecule has 0 aromatic carbocycles. The molecule has 0 saturated heterocycles. The normalized spacial score (nSPS) is 9.54. The van der Waals surface area contributed by atoms with Crippen molar-refractivity contribution in [3.63, 3.8) is 0 Å². The third-order valence-electron chi connectivity index (χ3n) is 1.50. The van der Waals surface area contributed by atoms with Gasteiger partial charge in [-0.2, -0.15) is 0 Å². The first-order chi connectivity index (χ1) is 6.19. The third-order valence-corrected chi connectivity index (χ3v) is 1.50. The molecule has 1 heterocycles. The molecule has 0 fully saturated rings. The zero-order chi connectivity index (χ0) is 9.84. The van der Waals surface area contributed by atoms with Crippen LogP contribution < -0.4 is 0 Å². The van der Waals surface area contributed by atoms with Crippen LogP contribution in [0.1, 0.15) is 26.7 Å². The van der Waals surface area contributed by atoms with Crippen molar-refractivity contribution in [2.75, 3.05) is 0 Å². The van der Waals surface area contributed by atoms with Crippen LogP contribution in [0.25, 0.3) is 0 Å². The molecule has 0 atom stereocenters. The summed E-state index contributed by atoms with van der Waals surface area (Å²) in [6.45, 7) is 3.47. The minimum absolute atomic E-state index is 0.0225. The standard InChI is InChI=1S/C9H8O4/c1-2-3-6-4-7(5-10)13-8(6)9(11)12/h2,4-5H,1,3H2,(H,11,12). The van der Waals surface area contributed by atoms with Crippen molar-refractivity contribution in [2.45, 2.75) is 6.42 Å². The van der Waals surface area contributed by atoms with Crippen LogP contribution in [0.5, 0.6) is 0 Å². The maximum atomic E-state index is 10.6. The summed E-state index contributed by atoms with van der Waals surface area (Å²) in [6, 6.07) is 1.40. The molecule has 68 valence electrons. The summed E-state index contributed by atoms with van der Waals surface area (Å²) in [7, 11) is 0. The number of aldehydes is 1. The van der Waals surface area contributed by atoms with Gasteiger partial charge in [0.15, 0.2) is 12.0 Å². The van der Waals surface area contributed by atoms with E-state index in [0.717, 1.165) is 0 Å². The molecular formula is C9H8O4. The Kier molecular flexibility index (Phi) is 2.64. The number of carbonyl (C=O) groups is 2. The number of carboxylic acids is 1. The minimum atomic E-state index is -1.18. The fourth-order valence-corrected chi connectivity index (χ4v) is 0.996. The van der Waals surface area contributed by atoms with Crippen molar-refractivity contribution < 1.29 is 19.1 Å². The maximum absolute atomic E-state index is 10.6. The molecule has 0 aliphatic rings. The van der Waals surface area contributed by atoms with Crippen molar-refractivity contribution in [3.05, 3.63) is 35.8 Å². The van der Waals surface area contributed by atoms with E-state index in [0.29, 0.717) is 18.3 Å². The van der Waals surface area contributed by atoms with Crippen LogP contribution in [-0.2, 0) is 6.42 Å². The van der Waals surface area contributed by atoms with Crippen molar-refractivity contribution >= 4 is 12.3 Å². The quantitative estimate of drug-likeness (QED) is 0.563. The topological polar surface area (TPSA) is 67.5 Å². The molecule has 0 aliphatic heterocycles. The number of carbonyl (C=O) groups excluding carboxylic acids is 1. The van der Waals surface area contributed by atoms with Gasteiger partial charge in [0.05, 0.1) is 0 Å². The van der Waals surface area contributed by atoms with Crippen LogP contribution in [0, 0.1) is 0 Å². The van der Waals surface area contributed by atoms with Gasteiger partial charge in [-0.1, -0.05) is 6.08 Å². The average molecular weight is 180 g/mol. The molecule has 13 heavy (non-hydrogen) atoms. The van der Waals surface area contributed by atoms with E-state index in [4.69, 9.17) is 9.52 Å². The van der Waals surface area contributed by atoms with Crippen LogP contribution in [0.15, 0.2) is 23.1 Å². The number of aromatic carboxylic acids is 1. The third kappa shape index (κ3) is 1.84. The summed E-state index contributed by atoms with van der Waals surface area (Å²) in [5, 5.41) is 8.66. The van der Waals surface area contributed by atoms with Gasteiger partial charge in [0.1, 0.15) is 0 Å². The molecule has 4 heteroatoms. The summed E-state index contributed by atoms with van der Waals surface area (Å²) in [6.07, 6.45) is 2.39. The summed E-state index contributed by atoms with van der Waals surface area (Å²) < 4.78 is 4.76. The predicted octanol–water partition coefficient (Wildman–Crippen LogP) is 1.52. The van der Waals surface area contributed by atoms with Crippen LogP contribution in [0.3, 0.4) is 0 Å². The Morgan fingerprint density at radius 1 is 1.69 bits per heavy atom. The second-order valence-electron chi connectivity index (χ2n) is 2.42. The molecule has 0 spiro atoms. The average Bonchev–Trinajstić information content (AvgIpc) is 2.48. The summed E-state index contributed by atoms with van der Waals surface area (Å²) in [5.41, 5.74) is 0.463. The van der Waals surface area contributed by atoms with E-state index in [1.165, 1.54) is 6.07 Å². The smallest absolute Gasteiger partial charge is 0.372 e. The molecule has 0 unspecified atom stereocenters. The van der Waals surface area contributed by atoms with Crippen molar-refractivity contribution in [2.24, 2.45) is 0 Å². The highest BCUT2D eigenvalue weighted by Gasteiger charge is 2.15. The Morgan fingerprint density at radius 3 is 2.85 bits per heavy atom. The lowest BCUT2D eigenvalue weighted by molar-refractivity contribution is 0.0659. The van der Waals surface area contributed by atoms with Crippen LogP contribution in [0.2, 0.25) is 0 Å². The summed E-state index contributed by atoms with van der Waals surface area (Å²) in [4.78, 5) is 20.9. The van der Waals surface area contributed by atoms with Crippen molar-refractivity contribution in [1.82, 2.24) is 0 Å². The van der Waals surface area contributed by atoms with Gasteiger partial charge < -0.3 is 9.52 Å². The van der Waals surface area contributed by atoms with E-state index in [9.17, 15) is 9.59 Å². The van der Waals surface area contributed by atoms with Crippen molar-refractivity contribution in [3.8, 4) is 0 Å². The molecule has 0 bridgehead atoms. The molecule has 1 aromatic rings. The van der Waals surface area contributed by atoms with Gasteiger partial charge in [-0.05, 0) is 12.5 Å². The fraction of sp³-hybridized carbons (Fsp3) is 0.111. The molecule has 0 aliphatic carbocycles. The zero-order valence-corrected chi connectivity index (χ0v) is 6.82. The molecule has 1 N–H and O–H groups in total. The Bertz CT molecular complexity index is 348. The lowest BCUT2D eigenvalue weighted by atomic mass is 10.2. The SMILES string of the molecule is C=CCc1cc(C=O)oc1C(=O)O. The Labute approximate surface area is 74.5 Å². The van der Waals surface area contributed by atoms with E-state index in [1.54, 1.807) is 6.08 Å². The van der Waals surface area contributed by atoms with E-state index in [-0.39, 0.29) is 11.5 Å². The highest BCUT2D eigenvalue weighted by Crippen LogP contribution is 2.15. The van der Waals surface area contributed by atoms with Crippen molar-refractivity contribution in [1.29, 1.82) is 0 Å². The number of rotatable bonds is 4. The number of furan rings is 1. The molecule has 1 aromatic heterocycles.